The summed E-state index contributed by atoms with van der Waals surface area (Å²) in [6.07, 6.45) is 8.50. The Bertz CT molecular complexity index is 1030. The van der Waals surface area contributed by atoms with Crippen molar-refractivity contribution in [3.05, 3.63) is 57.6 Å². The van der Waals surface area contributed by atoms with Crippen molar-refractivity contribution in [2.75, 3.05) is 13.1 Å². The van der Waals surface area contributed by atoms with Crippen molar-refractivity contribution in [2.45, 2.75) is 106 Å². The Balaban J connectivity index is 0.00000248. The fourth-order valence-corrected chi connectivity index (χ4v) is 5.29. The molecule has 0 radical (unpaired) electrons. The van der Waals surface area contributed by atoms with E-state index in [-0.39, 0.29) is 37.0 Å². The van der Waals surface area contributed by atoms with E-state index in [0.717, 1.165) is 59.3 Å². The molecule has 0 spiro atoms. The van der Waals surface area contributed by atoms with Gasteiger partial charge >= 0.3 is 0 Å². The van der Waals surface area contributed by atoms with Crippen LogP contribution in [-0.4, -0.2) is 35.7 Å². The number of nitrogens with zero attached hydrogens (tertiary/aromatic N) is 2. The van der Waals surface area contributed by atoms with E-state index in [1.54, 1.807) is 0 Å². The molecule has 2 aromatic rings. The van der Waals surface area contributed by atoms with E-state index in [1.807, 2.05) is 38.4 Å². The van der Waals surface area contributed by atoms with Crippen molar-refractivity contribution < 1.29 is 36.4 Å². The van der Waals surface area contributed by atoms with Crippen LogP contribution in [0.15, 0.2) is 34.3 Å². The molecule has 0 saturated heterocycles. The number of hydrogen-bond acceptors (Lipinski definition) is 4. The molecule has 1 fully saturated rings. The SMILES string of the molecule is CC.Cc1cc(C=NCC2CCCCC2CN=Cc2cc(C)cc(C(C)(C)C)c2O)c(O)c(C(C)(C)C)c1.[Zr]. The molecule has 2 N–H and O–H groups in total. The minimum Gasteiger partial charge on any atom is -0.507 e. The van der Waals surface area contributed by atoms with Crippen LogP contribution in [0.3, 0.4) is 0 Å². The van der Waals surface area contributed by atoms with Crippen molar-refractivity contribution in [2.24, 2.45) is 21.8 Å². The van der Waals surface area contributed by atoms with Crippen LogP contribution in [-0.2, 0) is 37.0 Å². The number of phenolic OH excluding ortho intramolecular Hbond substituents is 2. The van der Waals surface area contributed by atoms with Gasteiger partial charge in [0.2, 0.25) is 0 Å². The largest absolute Gasteiger partial charge is 0.507 e. The molecule has 0 aromatic heterocycles. The van der Waals surface area contributed by atoms with Gasteiger partial charge in [-0.3, -0.25) is 9.98 Å². The minimum absolute atomic E-state index is 0. The maximum Gasteiger partial charge on any atom is 0.128 e. The zero-order valence-electron chi connectivity index (χ0n) is 26.2. The van der Waals surface area contributed by atoms with Gasteiger partial charge in [-0.1, -0.05) is 80.4 Å². The first-order chi connectivity index (χ1) is 17.8. The molecule has 2 atom stereocenters. The van der Waals surface area contributed by atoms with Gasteiger partial charge in [0.25, 0.3) is 0 Å². The van der Waals surface area contributed by atoms with Crippen molar-refractivity contribution >= 4 is 12.4 Å². The topological polar surface area (TPSA) is 65.2 Å². The molecule has 4 nitrogen and oxygen atoms in total. The van der Waals surface area contributed by atoms with E-state index in [4.69, 9.17) is 9.98 Å². The molecule has 0 amide bonds. The van der Waals surface area contributed by atoms with E-state index >= 15 is 0 Å². The molecule has 0 aliphatic heterocycles. The first kappa shape index (κ1) is 35.3. The van der Waals surface area contributed by atoms with Crippen LogP contribution in [0.5, 0.6) is 11.5 Å². The maximum absolute atomic E-state index is 10.8. The standard InChI is InChI=1S/C32H46N2O2.C2H6.Zr/c1-21-13-25(29(35)27(15-21)31(3,4)5)19-33-17-23-11-9-10-12-24(23)18-34-20-26-14-22(2)16-28(30(26)36)32(6,7)8;1-2;/h13-16,19-20,23-24,35-36H,9-12,17-18H2,1-8H3;1-2H3;. The van der Waals surface area contributed by atoms with Gasteiger partial charge in [-0.15, -0.1) is 0 Å². The third-order valence-electron chi connectivity index (χ3n) is 7.39. The summed E-state index contributed by atoms with van der Waals surface area (Å²) in [5.41, 5.74) is 5.56. The average Bonchev–Trinajstić information content (AvgIpc) is 2.83. The molecule has 2 aromatic carbocycles. The third kappa shape index (κ3) is 10.00. The van der Waals surface area contributed by atoms with Gasteiger partial charge in [0.15, 0.2) is 0 Å². The molecule has 2 unspecified atom stereocenters. The summed E-state index contributed by atoms with van der Waals surface area (Å²) < 4.78 is 0. The van der Waals surface area contributed by atoms with E-state index in [1.165, 1.54) is 12.8 Å². The van der Waals surface area contributed by atoms with Crippen LogP contribution in [0, 0.1) is 25.7 Å². The number of rotatable bonds is 6. The number of hydrogen-bond donors (Lipinski definition) is 2. The van der Waals surface area contributed by atoms with Crippen molar-refractivity contribution in [3.63, 3.8) is 0 Å². The molecule has 1 saturated carbocycles. The maximum atomic E-state index is 10.8. The predicted molar refractivity (Wildman–Crippen MR) is 165 cm³/mol. The molecule has 1 aliphatic rings. The monoisotopic (exact) mass is 610 g/mol. The molecule has 5 heteroatoms. The van der Waals surface area contributed by atoms with E-state index in [9.17, 15) is 10.2 Å². The Morgan fingerprint density at radius 1 is 0.692 bits per heavy atom. The first-order valence-corrected chi connectivity index (χ1v) is 14.4. The second kappa shape index (κ2) is 15.3. The molecular formula is C34H52N2O2Zr. The normalized spacial score (nSPS) is 18.1. The fourth-order valence-electron chi connectivity index (χ4n) is 5.29. The number of benzene rings is 2. The van der Waals surface area contributed by atoms with E-state index in [0.29, 0.717) is 23.3 Å². The zero-order valence-corrected chi connectivity index (χ0v) is 28.6. The fraction of sp³-hybridized carbons (Fsp3) is 0.588. The van der Waals surface area contributed by atoms with Gasteiger partial charge in [0.1, 0.15) is 11.5 Å². The Hall–Kier alpha value is -1.74. The van der Waals surface area contributed by atoms with Gasteiger partial charge in [0, 0.05) is 74.0 Å². The average molecular weight is 612 g/mol. The van der Waals surface area contributed by atoms with Crippen LogP contribution < -0.4 is 0 Å². The van der Waals surface area contributed by atoms with Crippen molar-refractivity contribution in [3.8, 4) is 11.5 Å². The Kier molecular flexibility index (Phi) is 13.9. The number of aliphatic imine (C=N–C) groups is 2. The van der Waals surface area contributed by atoms with Crippen LogP contribution in [0.2, 0.25) is 0 Å². The Labute approximate surface area is 257 Å². The summed E-state index contributed by atoms with van der Waals surface area (Å²) >= 11 is 0. The van der Waals surface area contributed by atoms with E-state index < -0.39 is 0 Å². The summed E-state index contributed by atoms with van der Waals surface area (Å²) in [4.78, 5) is 9.59. The van der Waals surface area contributed by atoms with Crippen LogP contribution in [0.1, 0.15) is 114 Å². The molecule has 214 valence electrons. The summed E-state index contributed by atoms with van der Waals surface area (Å²) in [5.74, 6) is 1.65. The van der Waals surface area contributed by atoms with Crippen LogP contribution in [0.4, 0.5) is 0 Å². The number of phenols is 2. The predicted octanol–water partition coefficient (Wildman–Crippen LogP) is 8.68. The van der Waals surface area contributed by atoms with Crippen LogP contribution >= 0.6 is 0 Å². The van der Waals surface area contributed by atoms with Gasteiger partial charge < -0.3 is 10.2 Å². The van der Waals surface area contributed by atoms with Crippen molar-refractivity contribution in [1.29, 1.82) is 0 Å². The second-order valence-electron chi connectivity index (χ2n) is 12.8. The van der Waals surface area contributed by atoms with Gasteiger partial charge in [0.05, 0.1) is 0 Å². The molecule has 39 heavy (non-hydrogen) atoms. The minimum atomic E-state index is -0.120. The molecule has 1 aliphatic carbocycles. The van der Waals surface area contributed by atoms with Crippen LogP contribution in [0.25, 0.3) is 0 Å². The number of aryl methyl sites for hydroxylation is 2. The molecular weight excluding hydrogens is 560 g/mol. The van der Waals surface area contributed by atoms with Gasteiger partial charge in [-0.05, 0) is 72.6 Å². The van der Waals surface area contributed by atoms with Crippen molar-refractivity contribution in [1.82, 2.24) is 0 Å². The smallest absolute Gasteiger partial charge is 0.128 e. The third-order valence-corrected chi connectivity index (χ3v) is 7.39. The molecule has 0 bridgehead atoms. The zero-order chi connectivity index (χ0) is 28.7. The molecule has 0 heterocycles. The van der Waals surface area contributed by atoms with Gasteiger partial charge in [-0.2, -0.15) is 0 Å². The first-order valence-electron chi connectivity index (χ1n) is 14.4. The molecule has 3 rings (SSSR count). The quantitative estimate of drug-likeness (QED) is 0.321. The number of aromatic hydroxyl groups is 2. The summed E-state index contributed by atoms with van der Waals surface area (Å²) in [7, 11) is 0. The van der Waals surface area contributed by atoms with E-state index in [2.05, 4.69) is 67.5 Å². The van der Waals surface area contributed by atoms with Gasteiger partial charge in [-0.25, -0.2) is 0 Å². The Morgan fingerprint density at radius 2 is 1.03 bits per heavy atom. The summed E-state index contributed by atoms with van der Waals surface area (Å²) in [5, 5.41) is 21.7. The second-order valence-corrected chi connectivity index (χ2v) is 12.8. The summed E-state index contributed by atoms with van der Waals surface area (Å²) in [6.45, 7) is 22.4. The summed E-state index contributed by atoms with van der Waals surface area (Å²) in [6, 6.07) is 8.16. The Morgan fingerprint density at radius 3 is 1.33 bits per heavy atom.